The third-order valence-electron chi connectivity index (χ3n) is 3.60. The Balaban J connectivity index is 1.97. The molecule has 0 aliphatic carbocycles. The lowest BCUT2D eigenvalue weighted by molar-refractivity contribution is -0.136. The predicted octanol–water partition coefficient (Wildman–Crippen LogP) is 6.47. The van der Waals surface area contributed by atoms with Gasteiger partial charge in [-0.25, -0.2) is 4.79 Å². The zero-order valence-electron chi connectivity index (χ0n) is 13.3. The Morgan fingerprint density at radius 1 is 1.04 bits per heavy atom. The molecule has 1 atom stereocenters. The molecule has 0 aromatic heterocycles. The lowest BCUT2D eigenvalue weighted by Gasteiger charge is -2.12. The van der Waals surface area contributed by atoms with Gasteiger partial charge in [-0.2, -0.15) is 0 Å². The maximum absolute atomic E-state index is 12.0. The van der Waals surface area contributed by atoms with Gasteiger partial charge in [0.1, 0.15) is 11.5 Å². The van der Waals surface area contributed by atoms with Gasteiger partial charge in [-0.15, -0.1) is 0 Å². The van der Waals surface area contributed by atoms with Crippen LogP contribution in [0.2, 0.25) is 0 Å². The molecular formula is C18H17Br3O3. The summed E-state index contributed by atoms with van der Waals surface area (Å²) in [5, 5.41) is 0. The number of carbonyl (C=O) groups excluding carboxylic acids is 1. The molecule has 0 fully saturated rings. The van der Waals surface area contributed by atoms with Crippen molar-refractivity contribution >= 4 is 53.8 Å². The molecule has 0 amide bonds. The summed E-state index contributed by atoms with van der Waals surface area (Å²) in [7, 11) is 0. The molecule has 2 aromatic rings. The molecule has 0 saturated carbocycles. The first kappa shape index (κ1) is 19.5. The fourth-order valence-corrected chi connectivity index (χ4v) is 3.66. The van der Waals surface area contributed by atoms with Crippen LogP contribution in [0.25, 0.3) is 0 Å². The molecule has 0 radical (unpaired) electrons. The van der Waals surface area contributed by atoms with E-state index in [2.05, 4.69) is 61.6 Å². The minimum absolute atomic E-state index is 0.167. The van der Waals surface area contributed by atoms with Crippen molar-refractivity contribution in [2.24, 2.45) is 0 Å². The van der Waals surface area contributed by atoms with Crippen molar-refractivity contribution in [3.05, 3.63) is 55.4 Å². The zero-order chi connectivity index (χ0) is 17.7. The van der Waals surface area contributed by atoms with E-state index in [1.54, 1.807) is 12.1 Å². The molecule has 24 heavy (non-hydrogen) atoms. The van der Waals surface area contributed by atoms with E-state index in [1.807, 2.05) is 24.3 Å². The molecule has 128 valence electrons. The molecule has 0 bridgehead atoms. The Morgan fingerprint density at radius 2 is 1.71 bits per heavy atom. The van der Waals surface area contributed by atoms with Crippen molar-refractivity contribution in [2.45, 2.75) is 26.2 Å². The van der Waals surface area contributed by atoms with Gasteiger partial charge in [0.05, 0.1) is 8.95 Å². The lowest BCUT2D eigenvalue weighted by atomic mass is 9.99. The number of rotatable bonds is 6. The van der Waals surface area contributed by atoms with E-state index in [9.17, 15) is 4.79 Å². The topological polar surface area (TPSA) is 35.5 Å². The Labute approximate surface area is 167 Å². The summed E-state index contributed by atoms with van der Waals surface area (Å²) in [5.41, 5.74) is 1.21. The lowest BCUT2D eigenvalue weighted by Crippen LogP contribution is -2.18. The van der Waals surface area contributed by atoms with E-state index in [4.69, 9.17) is 9.47 Å². The van der Waals surface area contributed by atoms with E-state index >= 15 is 0 Å². The maximum atomic E-state index is 12.0. The van der Waals surface area contributed by atoms with Gasteiger partial charge in [0.25, 0.3) is 0 Å². The highest BCUT2D eigenvalue weighted by molar-refractivity contribution is 9.11. The minimum atomic E-state index is -0.457. The summed E-state index contributed by atoms with van der Waals surface area (Å²) in [6.45, 7) is 4.14. The molecule has 3 nitrogen and oxygen atoms in total. The van der Waals surface area contributed by atoms with Gasteiger partial charge in [0.2, 0.25) is 0 Å². The first-order chi connectivity index (χ1) is 11.4. The van der Waals surface area contributed by atoms with Gasteiger partial charge in [0.15, 0.2) is 6.61 Å². The second kappa shape index (κ2) is 9.02. The predicted molar refractivity (Wildman–Crippen MR) is 106 cm³/mol. The number of hydrogen-bond donors (Lipinski definition) is 0. The highest BCUT2D eigenvalue weighted by Crippen LogP contribution is 2.31. The summed E-state index contributed by atoms with van der Waals surface area (Å²) in [5.74, 6) is 1.08. The van der Waals surface area contributed by atoms with Crippen LogP contribution in [0.1, 0.15) is 31.7 Å². The summed E-state index contributed by atoms with van der Waals surface area (Å²) in [6.07, 6.45) is 1.06. The number of hydrogen-bond acceptors (Lipinski definition) is 3. The van der Waals surface area contributed by atoms with Crippen LogP contribution >= 0.6 is 47.8 Å². The van der Waals surface area contributed by atoms with Crippen LogP contribution in [-0.2, 0) is 4.79 Å². The highest BCUT2D eigenvalue weighted by Gasteiger charge is 2.12. The molecule has 0 heterocycles. The number of halogens is 3. The van der Waals surface area contributed by atoms with E-state index in [0.29, 0.717) is 17.4 Å². The second-order valence-corrected chi connectivity index (χ2v) is 7.96. The third kappa shape index (κ3) is 5.33. The minimum Gasteiger partial charge on any atom is -0.481 e. The summed E-state index contributed by atoms with van der Waals surface area (Å²) in [4.78, 5) is 12.0. The normalized spacial score (nSPS) is 11.9. The summed E-state index contributed by atoms with van der Waals surface area (Å²) < 4.78 is 13.3. The fourth-order valence-electron chi connectivity index (χ4n) is 2.02. The van der Waals surface area contributed by atoms with Crippen molar-refractivity contribution in [1.82, 2.24) is 0 Å². The Morgan fingerprint density at radius 3 is 2.33 bits per heavy atom. The first-order valence-corrected chi connectivity index (χ1v) is 9.86. The highest BCUT2D eigenvalue weighted by atomic mass is 79.9. The molecule has 6 heteroatoms. The van der Waals surface area contributed by atoms with Crippen LogP contribution in [0.15, 0.2) is 49.8 Å². The van der Waals surface area contributed by atoms with Gasteiger partial charge >= 0.3 is 5.97 Å². The molecule has 0 N–H and O–H groups in total. The van der Waals surface area contributed by atoms with Crippen molar-refractivity contribution in [3.63, 3.8) is 0 Å². The van der Waals surface area contributed by atoms with E-state index in [-0.39, 0.29) is 6.61 Å². The molecule has 1 unspecified atom stereocenters. The van der Waals surface area contributed by atoms with Gasteiger partial charge in [0, 0.05) is 4.47 Å². The van der Waals surface area contributed by atoms with Gasteiger partial charge in [-0.3, -0.25) is 0 Å². The Hall–Kier alpha value is -0.850. The van der Waals surface area contributed by atoms with Crippen LogP contribution in [0.3, 0.4) is 0 Å². The van der Waals surface area contributed by atoms with Gasteiger partial charge < -0.3 is 9.47 Å². The van der Waals surface area contributed by atoms with Crippen molar-refractivity contribution in [2.75, 3.05) is 6.61 Å². The molecule has 2 rings (SSSR count). The molecular weight excluding hydrogens is 504 g/mol. The van der Waals surface area contributed by atoms with Gasteiger partial charge in [-0.05, 0) is 80.1 Å². The number of esters is 1. The zero-order valence-corrected chi connectivity index (χ0v) is 18.1. The maximum Gasteiger partial charge on any atom is 0.349 e. The van der Waals surface area contributed by atoms with Gasteiger partial charge in [-0.1, -0.05) is 35.8 Å². The van der Waals surface area contributed by atoms with Crippen LogP contribution in [0, 0.1) is 0 Å². The smallest absolute Gasteiger partial charge is 0.349 e. The monoisotopic (exact) mass is 518 g/mol. The van der Waals surface area contributed by atoms with Crippen LogP contribution in [0.5, 0.6) is 11.5 Å². The average Bonchev–Trinajstić information content (AvgIpc) is 2.55. The largest absolute Gasteiger partial charge is 0.481 e. The molecule has 2 aromatic carbocycles. The second-order valence-electron chi connectivity index (χ2n) is 5.34. The molecule has 0 saturated heterocycles. The van der Waals surface area contributed by atoms with Crippen molar-refractivity contribution < 1.29 is 14.3 Å². The van der Waals surface area contributed by atoms with Crippen molar-refractivity contribution in [3.8, 4) is 11.5 Å². The van der Waals surface area contributed by atoms with Crippen LogP contribution in [0.4, 0.5) is 0 Å². The molecule has 0 aliphatic rings. The summed E-state index contributed by atoms with van der Waals surface area (Å²) in [6, 6.07) is 11.2. The third-order valence-corrected chi connectivity index (χ3v) is 5.33. The quantitative estimate of drug-likeness (QED) is 0.323. The van der Waals surface area contributed by atoms with Crippen LogP contribution < -0.4 is 9.47 Å². The molecule has 0 spiro atoms. The Kier molecular flexibility index (Phi) is 7.32. The number of carbonyl (C=O) groups is 1. The molecule has 0 aliphatic heterocycles. The average molecular weight is 521 g/mol. The van der Waals surface area contributed by atoms with E-state index in [1.165, 1.54) is 5.56 Å². The Bertz CT molecular complexity index is 731. The fraction of sp³-hybridized carbons (Fsp3) is 0.278. The number of benzene rings is 2. The number of ether oxygens (including phenoxy) is 2. The van der Waals surface area contributed by atoms with E-state index in [0.717, 1.165) is 19.8 Å². The van der Waals surface area contributed by atoms with E-state index < -0.39 is 5.97 Å². The van der Waals surface area contributed by atoms with Crippen LogP contribution in [-0.4, -0.2) is 12.6 Å². The SMILES string of the molecule is CCC(C)c1ccc(OC(=O)COc2ccc(Br)cc2Br)c(Br)c1. The standard InChI is InChI=1S/C18H17Br3O3/c1-3-11(2)12-4-6-17(14(20)8-12)24-18(22)10-23-16-7-5-13(19)9-15(16)21/h4-9,11H,3,10H2,1-2H3. The summed E-state index contributed by atoms with van der Waals surface area (Å²) >= 11 is 10.2. The van der Waals surface area contributed by atoms with Crippen molar-refractivity contribution in [1.29, 1.82) is 0 Å². The first-order valence-electron chi connectivity index (χ1n) is 7.48.